The van der Waals surface area contributed by atoms with Gasteiger partial charge in [0.1, 0.15) is 5.82 Å². The van der Waals surface area contributed by atoms with Crippen LogP contribution in [0.5, 0.6) is 0 Å². The third-order valence-corrected chi connectivity index (χ3v) is 3.58. The first-order chi connectivity index (χ1) is 9.69. The van der Waals surface area contributed by atoms with E-state index in [1.165, 1.54) is 11.2 Å². The summed E-state index contributed by atoms with van der Waals surface area (Å²) in [6.07, 6.45) is 1.10. The molecule has 104 valence electrons. The average Bonchev–Trinajstić information content (AvgIpc) is 2.92. The molecule has 2 aromatic heterocycles. The number of nitrogens with zero attached hydrogens (tertiary/aromatic N) is 4. The fourth-order valence-corrected chi connectivity index (χ4v) is 2.69. The van der Waals surface area contributed by atoms with E-state index >= 15 is 0 Å². The lowest BCUT2D eigenvalue weighted by Gasteiger charge is -2.09. The first kappa shape index (κ1) is 12.9. The molecule has 0 unspecified atom stereocenters. The zero-order valence-electron chi connectivity index (χ0n) is 12.3. The Morgan fingerprint density at radius 2 is 1.95 bits per heavy atom. The van der Waals surface area contributed by atoms with E-state index < -0.39 is 0 Å². The van der Waals surface area contributed by atoms with Crippen LogP contribution in [-0.4, -0.2) is 19.3 Å². The van der Waals surface area contributed by atoms with Crippen LogP contribution in [-0.2, 0) is 13.1 Å². The van der Waals surface area contributed by atoms with Gasteiger partial charge in [-0.1, -0.05) is 19.1 Å². The van der Waals surface area contributed by atoms with Crippen molar-refractivity contribution in [3.63, 3.8) is 0 Å². The molecule has 0 saturated carbocycles. The van der Waals surface area contributed by atoms with Gasteiger partial charge in [-0.2, -0.15) is 5.10 Å². The number of benzene rings is 1. The van der Waals surface area contributed by atoms with E-state index in [1.807, 2.05) is 17.7 Å². The van der Waals surface area contributed by atoms with Crippen molar-refractivity contribution in [1.82, 2.24) is 19.3 Å². The maximum absolute atomic E-state index is 4.78. The molecule has 0 fully saturated rings. The van der Waals surface area contributed by atoms with Gasteiger partial charge in [-0.05, 0) is 38.5 Å². The maximum Gasteiger partial charge on any atom is 0.131 e. The molecular weight excluding hydrogens is 248 g/mol. The topological polar surface area (TPSA) is 35.6 Å². The van der Waals surface area contributed by atoms with Crippen LogP contribution >= 0.6 is 0 Å². The van der Waals surface area contributed by atoms with Crippen molar-refractivity contribution in [2.24, 2.45) is 0 Å². The summed E-state index contributed by atoms with van der Waals surface area (Å²) in [6.45, 7) is 8.04. The van der Waals surface area contributed by atoms with Crippen LogP contribution in [0.25, 0.3) is 11.0 Å². The van der Waals surface area contributed by atoms with E-state index in [2.05, 4.69) is 47.8 Å². The molecule has 3 rings (SSSR count). The highest BCUT2D eigenvalue weighted by molar-refractivity contribution is 5.75. The average molecular weight is 268 g/mol. The Balaban J connectivity index is 2.06. The molecule has 0 aliphatic rings. The Hall–Kier alpha value is -2.10. The number of aryl methyl sites for hydroxylation is 3. The van der Waals surface area contributed by atoms with Crippen molar-refractivity contribution < 1.29 is 0 Å². The summed E-state index contributed by atoms with van der Waals surface area (Å²) < 4.78 is 4.34. The Labute approximate surface area is 119 Å². The van der Waals surface area contributed by atoms with Crippen molar-refractivity contribution in [1.29, 1.82) is 0 Å². The summed E-state index contributed by atoms with van der Waals surface area (Å²) in [5.74, 6) is 1.08. The molecule has 0 aliphatic carbocycles. The lowest BCUT2D eigenvalue weighted by atomic mass is 10.3. The third-order valence-electron chi connectivity index (χ3n) is 3.58. The Kier molecular flexibility index (Phi) is 3.30. The number of hydrogen-bond donors (Lipinski definition) is 0. The van der Waals surface area contributed by atoms with Crippen LogP contribution in [0.1, 0.15) is 30.6 Å². The van der Waals surface area contributed by atoms with Crippen LogP contribution in [0.2, 0.25) is 0 Å². The largest absolute Gasteiger partial charge is 0.326 e. The van der Waals surface area contributed by atoms with Crippen molar-refractivity contribution in [2.45, 2.75) is 40.3 Å². The van der Waals surface area contributed by atoms with Crippen LogP contribution in [0.15, 0.2) is 30.3 Å². The van der Waals surface area contributed by atoms with Gasteiger partial charge in [-0.15, -0.1) is 0 Å². The molecular formula is C16H20N4. The first-order valence-electron chi connectivity index (χ1n) is 7.14. The van der Waals surface area contributed by atoms with Gasteiger partial charge < -0.3 is 4.57 Å². The Morgan fingerprint density at radius 3 is 2.65 bits per heavy atom. The molecule has 1 aromatic carbocycles. The molecule has 0 saturated heterocycles. The molecule has 0 radical (unpaired) electrons. The number of rotatable bonds is 4. The molecule has 0 amide bonds. The van der Waals surface area contributed by atoms with Crippen LogP contribution in [0, 0.1) is 13.8 Å². The predicted octanol–water partition coefficient (Wildman–Crippen LogP) is 3.31. The van der Waals surface area contributed by atoms with Crippen molar-refractivity contribution in [2.75, 3.05) is 0 Å². The molecule has 0 bridgehead atoms. The van der Waals surface area contributed by atoms with Crippen LogP contribution < -0.4 is 0 Å². The molecule has 0 spiro atoms. The monoisotopic (exact) mass is 268 g/mol. The van der Waals surface area contributed by atoms with Gasteiger partial charge in [0.25, 0.3) is 0 Å². The second kappa shape index (κ2) is 5.12. The molecule has 0 atom stereocenters. The minimum atomic E-state index is 0.731. The zero-order valence-corrected chi connectivity index (χ0v) is 12.3. The van der Waals surface area contributed by atoms with E-state index in [1.54, 1.807) is 0 Å². The first-order valence-corrected chi connectivity index (χ1v) is 7.14. The van der Waals surface area contributed by atoms with E-state index in [0.29, 0.717) is 0 Å². The highest BCUT2D eigenvalue weighted by atomic mass is 15.3. The highest BCUT2D eigenvalue weighted by Crippen LogP contribution is 2.18. The van der Waals surface area contributed by atoms with E-state index in [-0.39, 0.29) is 0 Å². The molecule has 0 aliphatic heterocycles. The SMILES string of the molecule is CCCn1c(Cn2nc(C)cc2C)nc2ccccc21. The fourth-order valence-electron chi connectivity index (χ4n) is 2.69. The number of hydrogen-bond acceptors (Lipinski definition) is 2. The van der Waals surface area contributed by atoms with Gasteiger partial charge in [-0.3, -0.25) is 4.68 Å². The van der Waals surface area contributed by atoms with Crippen molar-refractivity contribution in [3.8, 4) is 0 Å². The van der Waals surface area contributed by atoms with Gasteiger partial charge >= 0.3 is 0 Å². The smallest absolute Gasteiger partial charge is 0.131 e. The molecule has 3 aromatic rings. The molecule has 0 N–H and O–H groups in total. The van der Waals surface area contributed by atoms with Gasteiger partial charge in [-0.25, -0.2) is 4.98 Å². The molecule has 4 nitrogen and oxygen atoms in total. The van der Waals surface area contributed by atoms with Gasteiger partial charge in [0.05, 0.1) is 23.3 Å². The predicted molar refractivity (Wildman–Crippen MR) is 80.8 cm³/mol. The minimum absolute atomic E-state index is 0.731. The number of para-hydroxylation sites is 2. The van der Waals surface area contributed by atoms with Crippen molar-refractivity contribution >= 4 is 11.0 Å². The van der Waals surface area contributed by atoms with E-state index in [4.69, 9.17) is 4.98 Å². The second-order valence-electron chi connectivity index (χ2n) is 5.25. The molecule has 4 heteroatoms. The zero-order chi connectivity index (χ0) is 14.1. The van der Waals surface area contributed by atoms with Gasteiger partial charge in [0.15, 0.2) is 0 Å². The standard InChI is InChI=1S/C16H20N4/c1-4-9-19-15-8-6-5-7-14(15)17-16(19)11-20-13(3)10-12(2)18-20/h5-8,10H,4,9,11H2,1-3H3. The number of aromatic nitrogens is 4. The Morgan fingerprint density at radius 1 is 1.15 bits per heavy atom. The molecule has 20 heavy (non-hydrogen) atoms. The summed E-state index contributed by atoms with van der Waals surface area (Å²) in [7, 11) is 0. The summed E-state index contributed by atoms with van der Waals surface area (Å²) in [6, 6.07) is 10.4. The van der Waals surface area contributed by atoms with Crippen molar-refractivity contribution in [3.05, 3.63) is 47.5 Å². The van der Waals surface area contributed by atoms with E-state index in [0.717, 1.165) is 36.5 Å². The third kappa shape index (κ3) is 2.22. The van der Waals surface area contributed by atoms with Crippen LogP contribution in [0.3, 0.4) is 0 Å². The highest BCUT2D eigenvalue weighted by Gasteiger charge is 2.11. The summed E-state index contributed by atoms with van der Waals surface area (Å²) >= 11 is 0. The summed E-state index contributed by atoms with van der Waals surface area (Å²) in [5, 5.41) is 4.54. The summed E-state index contributed by atoms with van der Waals surface area (Å²) in [5.41, 5.74) is 4.52. The fraction of sp³-hybridized carbons (Fsp3) is 0.375. The Bertz CT molecular complexity index is 736. The summed E-state index contributed by atoms with van der Waals surface area (Å²) in [4.78, 5) is 4.78. The second-order valence-corrected chi connectivity index (χ2v) is 5.25. The lowest BCUT2D eigenvalue weighted by molar-refractivity contribution is 0.581. The van der Waals surface area contributed by atoms with Crippen LogP contribution in [0.4, 0.5) is 0 Å². The van der Waals surface area contributed by atoms with Gasteiger partial charge in [0.2, 0.25) is 0 Å². The number of imidazole rings is 1. The van der Waals surface area contributed by atoms with Gasteiger partial charge in [0, 0.05) is 12.2 Å². The normalized spacial score (nSPS) is 11.3. The maximum atomic E-state index is 4.78. The lowest BCUT2D eigenvalue weighted by Crippen LogP contribution is -2.11. The van der Waals surface area contributed by atoms with E-state index in [9.17, 15) is 0 Å². The quantitative estimate of drug-likeness (QED) is 0.727. The molecule has 2 heterocycles. The number of fused-ring (bicyclic) bond motifs is 1. The minimum Gasteiger partial charge on any atom is -0.326 e.